The summed E-state index contributed by atoms with van der Waals surface area (Å²) >= 11 is 1.62. The number of aryl methyl sites for hydroxylation is 1. The lowest BCUT2D eigenvalue weighted by atomic mass is 10.2. The highest BCUT2D eigenvalue weighted by molar-refractivity contribution is 7.07. The van der Waals surface area contributed by atoms with Crippen LogP contribution >= 0.6 is 11.3 Å². The van der Waals surface area contributed by atoms with Gasteiger partial charge in [-0.25, -0.2) is 4.99 Å². The molecule has 1 amide bonds. The van der Waals surface area contributed by atoms with Crippen molar-refractivity contribution in [3.63, 3.8) is 0 Å². The second-order valence-electron chi connectivity index (χ2n) is 5.72. The molecule has 1 aromatic heterocycles. The van der Waals surface area contributed by atoms with Crippen LogP contribution in [0.5, 0.6) is 5.75 Å². The molecule has 1 saturated heterocycles. The van der Waals surface area contributed by atoms with E-state index in [2.05, 4.69) is 16.9 Å². The van der Waals surface area contributed by atoms with Crippen LogP contribution in [0, 0.1) is 6.92 Å². The van der Waals surface area contributed by atoms with Crippen LogP contribution < -0.4 is 9.54 Å². The average Bonchev–Trinajstić information content (AvgIpc) is 3.15. The SMILES string of the molecule is COc1ccccc1N=c1scc(C)n1[C@@H]1CCN(C(C)=O)C1. The highest BCUT2D eigenvalue weighted by atomic mass is 32.1. The van der Waals surface area contributed by atoms with Gasteiger partial charge in [0.1, 0.15) is 11.4 Å². The Morgan fingerprint density at radius 2 is 2.17 bits per heavy atom. The number of thiazole rings is 1. The van der Waals surface area contributed by atoms with E-state index in [0.717, 1.165) is 35.7 Å². The number of hydrogen-bond acceptors (Lipinski definition) is 4. The molecule has 1 aliphatic rings. The number of hydrogen-bond donors (Lipinski definition) is 0. The molecule has 23 heavy (non-hydrogen) atoms. The van der Waals surface area contributed by atoms with Crippen LogP contribution in [0.2, 0.25) is 0 Å². The topological polar surface area (TPSA) is 46.8 Å². The van der Waals surface area contributed by atoms with Gasteiger partial charge in [-0.1, -0.05) is 12.1 Å². The van der Waals surface area contributed by atoms with Crippen LogP contribution in [0.25, 0.3) is 0 Å². The number of rotatable bonds is 3. The predicted molar refractivity (Wildman–Crippen MR) is 91.2 cm³/mol. The minimum Gasteiger partial charge on any atom is -0.494 e. The van der Waals surface area contributed by atoms with E-state index in [1.807, 2.05) is 29.2 Å². The monoisotopic (exact) mass is 331 g/mol. The number of aromatic nitrogens is 1. The molecule has 1 atom stereocenters. The van der Waals surface area contributed by atoms with Crippen LogP contribution in [-0.4, -0.2) is 35.6 Å². The van der Waals surface area contributed by atoms with Gasteiger partial charge in [-0.15, -0.1) is 11.3 Å². The van der Waals surface area contributed by atoms with E-state index in [9.17, 15) is 4.79 Å². The van der Waals surface area contributed by atoms with Crippen molar-refractivity contribution in [1.82, 2.24) is 9.47 Å². The van der Waals surface area contributed by atoms with Crippen LogP contribution in [0.15, 0.2) is 34.6 Å². The third-order valence-electron chi connectivity index (χ3n) is 4.20. The summed E-state index contributed by atoms with van der Waals surface area (Å²) in [5, 5.41) is 2.12. The molecule has 1 fully saturated rings. The molecule has 0 bridgehead atoms. The van der Waals surface area contributed by atoms with Crippen molar-refractivity contribution < 1.29 is 9.53 Å². The van der Waals surface area contributed by atoms with E-state index in [-0.39, 0.29) is 5.91 Å². The van der Waals surface area contributed by atoms with Gasteiger partial charge >= 0.3 is 0 Å². The molecule has 2 aromatic rings. The largest absolute Gasteiger partial charge is 0.494 e. The zero-order valence-electron chi connectivity index (χ0n) is 13.7. The fourth-order valence-corrected chi connectivity index (χ4v) is 3.94. The summed E-state index contributed by atoms with van der Waals surface area (Å²) in [5.74, 6) is 0.908. The van der Waals surface area contributed by atoms with E-state index in [1.54, 1.807) is 25.4 Å². The number of likely N-dealkylation sites (tertiary alicyclic amines) is 1. The predicted octanol–water partition coefficient (Wildman–Crippen LogP) is 2.89. The van der Waals surface area contributed by atoms with Crippen molar-refractivity contribution in [3.05, 3.63) is 40.1 Å². The maximum Gasteiger partial charge on any atom is 0.219 e. The normalized spacial score (nSPS) is 18.5. The standard InChI is InChI=1S/C17H21N3O2S/c1-12-11-23-17(18-15-6-4-5-7-16(15)22-3)20(12)14-8-9-19(10-14)13(2)21/h4-7,11,14H,8-10H2,1-3H3/t14-/m1/s1. The Kier molecular flexibility index (Phi) is 4.52. The van der Waals surface area contributed by atoms with Crippen molar-refractivity contribution in [2.75, 3.05) is 20.2 Å². The summed E-state index contributed by atoms with van der Waals surface area (Å²) in [6.07, 6.45) is 0.969. The van der Waals surface area contributed by atoms with Crippen molar-refractivity contribution in [2.45, 2.75) is 26.3 Å². The quantitative estimate of drug-likeness (QED) is 0.868. The molecule has 0 aliphatic carbocycles. The number of carbonyl (C=O) groups excluding carboxylic acids is 1. The zero-order valence-corrected chi connectivity index (χ0v) is 14.5. The van der Waals surface area contributed by atoms with E-state index >= 15 is 0 Å². The van der Waals surface area contributed by atoms with E-state index in [0.29, 0.717) is 6.04 Å². The molecule has 0 radical (unpaired) electrons. The maximum atomic E-state index is 11.6. The number of ether oxygens (including phenoxy) is 1. The number of benzene rings is 1. The molecule has 3 rings (SSSR count). The van der Waals surface area contributed by atoms with Crippen LogP contribution in [0.1, 0.15) is 25.1 Å². The molecule has 5 nitrogen and oxygen atoms in total. The second-order valence-corrected chi connectivity index (χ2v) is 6.56. The first-order valence-electron chi connectivity index (χ1n) is 7.70. The summed E-state index contributed by atoms with van der Waals surface area (Å²) in [5.41, 5.74) is 2.01. The van der Waals surface area contributed by atoms with Gasteiger partial charge in [0.25, 0.3) is 0 Å². The van der Waals surface area contributed by atoms with Gasteiger partial charge in [-0.3, -0.25) is 4.79 Å². The fraction of sp³-hybridized carbons (Fsp3) is 0.412. The third-order valence-corrected chi connectivity index (χ3v) is 5.15. The van der Waals surface area contributed by atoms with Gasteiger partial charge in [-0.05, 0) is 25.5 Å². The lowest BCUT2D eigenvalue weighted by Gasteiger charge is -2.16. The summed E-state index contributed by atoms with van der Waals surface area (Å²) < 4.78 is 7.64. The molecule has 0 saturated carbocycles. The highest BCUT2D eigenvalue weighted by Gasteiger charge is 2.26. The Morgan fingerprint density at radius 3 is 2.87 bits per heavy atom. The molecule has 0 N–H and O–H groups in total. The second kappa shape index (κ2) is 6.58. The van der Waals surface area contributed by atoms with Crippen molar-refractivity contribution in [3.8, 4) is 5.75 Å². The van der Waals surface area contributed by atoms with E-state index in [1.165, 1.54) is 5.69 Å². The Hall–Kier alpha value is -2.08. The lowest BCUT2D eigenvalue weighted by Crippen LogP contribution is -2.29. The van der Waals surface area contributed by atoms with Crippen LogP contribution in [-0.2, 0) is 4.79 Å². The third kappa shape index (κ3) is 3.17. The molecular formula is C17H21N3O2S. The minimum atomic E-state index is 0.143. The van der Waals surface area contributed by atoms with Gasteiger partial charge in [0.2, 0.25) is 5.91 Å². The molecule has 1 aliphatic heterocycles. The molecule has 0 spiro atoms. The number of nitrogens with zero attached hydrogens (tertiary/aromatic N) is 3. The summed E-state index contributed by atoms with van der Waals surface area (Å²) in [6.45, 7) is 5.30. The first-order chi connectivity index (χ1) is 11.1. The first kappa shape index (κ1) is 15.8. The summed E-state index contributed by atoms with van der Waals surface area (Å²) in [7, 11) is 1.66. The van der Waals surface area contributed by atoms with E-state index in [4.69, 9.17) is 9.73 Å². The van der Waals surface area contributed by atoms with Gasteiger partial charge in [0.05, 0.1) is 13.2 Å². The summed E-state index contributed by atoms with van der Waals surface area (Å²) in [6, 6.07) is 8.05. The van der Waals surface area contributed by atoms with Gasteiger partial charge in [-0.2, -0.15) is 0 Å². The van der Waals surface area contributed by atoms with Crippen LogP contribution in [0.3, 0.4) is 0 Å². The highest BCUT2D eigenvalue weighted by Crippen LogP contribution is 2.27. The molecule has 1 aromatic carbocycles. The maximum absolute atomic E-state index is 11.6. The summed E-state index contributed by atoms with van der Waals surface area (Å²) in [4.78, 5) is 19.2. The van der Waals surface area contributed by atoms with Crippen LogP contribution in [0.4, 0.5) is 5.69 Å². The minimum absolute atomic E-state index is 0.143. The van der Waals surface area contributed by atoms with Crippen molar-refractivity contribution in [2.24, 2.45) is 4.99 Å². The smallest absolute Gasteiger partial charge is 0.219 e. The fourth-order valence-electron chi connectivity index (χ4n) is 2.99. The number of carbonyl (C=O) groups is 1. The Balaban J connectivity index is 1.99. The molecule has 122 valence electrons. The average molecular weight is 331 g/mol. The van der Waals surface area contributed by atoms with Gasteiger partial charge < -0.3 is 14.2 Å². The van der Waals surface area contributed by atoms with Crippen molar-refractivity contribution >= 4 is 22.9 Å². The molecule has 6 heteroatoms. The Bertz CT molecular complexity index is 778. The zero-order chi connectivity index (χ0) is 16.4. The number of amides is 1. The van der Waals surface area contributed by atoms with Gasteiger partial charge in [0, 0.05) is 31.1 Å². The van der Waals surface area contributed by atoms with E-state index < -0.39 is 0 Å². The van der Waals surface area contributed by atoms with Crippen molar-refractivity contribution in [1.29, 1.82) is 0 Å². The Morgan fingerprint density at radius 1 is 1.39 bits per heavy atom. The molecule has 0 unspecified atom stereocenters. The Labute approximate surface area is 139 Å². The lowest BCUT2D eigenvalue weighted by molar-refractivity contribution is -0.127. The molecule has 2 heterocycles. The molecular weight excluding hydrogens is 310 g/mol. The number of para-hydroxylation sites is 2. The van der Waals surface area contributed by atoms with Gasteiger partial charge in [0.15, 0.2) is 4.80 Å². The number of methoxy groups -OCH3 is 1. The first-order valence-corrected chi connectivity index (χ1v) is 8.58.